The van der Waals surface area contributed by atoms with Gasteiger partial charge in [-0.15, -0.1) is 0 Å². The molecule has 2 aromatic heterocycles. The Kier molecular flexibility index (Phi) is 4.99. The Bertz CT molecular complexity index is 961. The molecule has 3 rings (SSSR count). The molecule has 0 unspecified atom stereocenters. The van der Waals surface area contributed by atoms with Gasteiger partial charge in [0.05, 0.1) is 18.5 Å². The van der Waals surface area contributed by atoms with Gasteiger partial charge in [-0.2, -0.15) is 10.2 Å². The fraction of sp³-hybridized carbons (Fsp3) is 0.278. The highest BCUT2D eigenvalue weighted by atomic mass is 35.5. The maximum Gasteiger partial charge on any atom is 0.269 e. The van der Waals surface area contributed by atoms with Crippen molar-refractivity contribution in [3.63, 3.8) is 0 Å². The Morgan fingerprint density at radius 2 is 2.12 bits per heavy atom. The average Bonchev–Trinajstić information content (AvgIpc) is 3.18. The molecule has 2 N–H and O–H groups in total. The number of rotatable bonds is 5. The molecular formula is C18H20ClN5O2. The number of ether oxygens (including phenoxy) is 1. The summed E-state index contributed by atoms with van der Waals surface area (Å²) in [6, 6.07) is 7.00. The number of methoxy groups -OCH3 is 1. The van der Waals surface area contributed by atoms with Crippen LogP contribution in [0.5, 0.6) is 5.75 Å². The minimum atomic E-state index is -0.259. The zero-order chi connectivity index (χ0) is 18.8. The molecule has 26 heavy (non-hydrogen) atoms. The van der Waals surface area contributed by atoms with E-state index in [9.17, 15) is 4.79 Å². The van der Waals surface area contributed by atoms with Crippen LogP contribution in [0, 0.1) is 13.8 Å². The van der Waals surface area contributed by atoms with Crippen molar-refractivity contribution >= 4 is 17.5 Å². The first-order valence-corrected chi connectivity index (χ1v) is 8.45. The summed E-state index contributed by atoms with van der Waals surface area (Å²) >= 11 is 6.02. The van der Waals surface area contributed by atoms with E-state index in [0.717, 1.165) is 22.5 Å². The lowest BCUT2D eigenvalue weighted by molar-refractivity contribution is 0.0945. The first kappa shape index (κ1) is 18.0. The number of nitrogens with zero attached hydrogens (tertiary/aromatic N) is 3. The lowest BCUT2D eigenvalue weighted by atomic mass is 10.1. The van der Waals surface area contributed by atoms with Gasteiger partial charge in [-0.1, -0.05) is 11.6 Å². The number of hydrogen-bond acceptors (Lipinski definition) is 4. The smallest absolute Gasteiger partial charge is 0.269 e. The number of hydrogen-bond donors (Lipinski definition) is 2. The molecule has 0 spiro atoms. The number of benzene rings is 1. The lowest BCUT2D eigenvalue weighted by Gasteiger charge is -2.09. The van der Waals surface area contributed by atoms with Crippen molar-refractivity contribution in [2.24, 2.45) is 7.05 Å². The van der Waals surface area contributed by atoms with Gasteiger partial charge in [0, 0.05) is 35.4 Å². The highest BCUT2D eigenvalue weighted by molar-refractivity contribution is 6.30. The third kappa shape index (κ3) is 3.43. The van der Waals surface area contributed by atoms with Crippen LogP contribution in [0.3, 0.4) is 0 Å². The molecule has 0 bridgehead atoms. The van der Waals surface area contributed by atoms with Gasteiger partial charge < -0.3 is 10.1 Å². The van der Waals surface area contributed by atoms with E-state index in [0.29, 0.717) is 28.7 Å². The van der Waals surface area contributed by atoms with Gasteiger partial charge in [-0.05, 0) is 38.1 Å². The molecule has 0 atom stereocenters. The average molecular weight is 374 g/mol. The molecule has 7 nitrogen and oxygen atoms in total. The number of aromatic nitrogens is 4. The summed E-state index contributed by atoms with van der Waals surface area (Å²) in [5, 5.41) is 14.9. The van der Waals surface area contributed by atoms with Gasteiger partial charge in [0.1, 0.15) is 11.4 Å². The van der Waals surface area contributed by atoms with Gasteiger partial charge >= 0.3 is 0 Å². The van der Waals surface area contributed by atoms with E-state index in [1.165, 1.54) is 0 Å². The van der Waals surface area contributed by atoms with E-state index in [2.05, 4.69) is 20.6 Å². The molecule has 136 valence electrons. The molecule has 0 aliphatic carbocycles. The van der Waals surface area contributed by atoms with Gasteiger partial charge in [0.2, 0.25) is 0 Å². The number of halogens is 1. The molecule has 3 aromatic rings. The molecule has 1 amide bonds. The zero-order valence-electron chi connectivity index (χ0n) is 15.1. The van der Waals surface area contributed by atoms with Crippen LogP contribution in [0.4, 0.5) is 0 Å². The second kappa shape index (κ2) is 7.21. The van der Waals surface area contributed by atoms with Crippen LogP contribution in [0.1, 0.15) is 27.4 Å². The maximum atomic E-state index is 12.4. The van der Waals surface area contributed by atoms with Crippen LogP contribution in [0.15, 0.2) is 24.3 Å². The minimum Gasteiger partial charge on any atom is -0.496 e. The normalized spacial score (nSPS) is 10.8. The van der Waals surface area contributed by atoms with E-state index in [4.69, 9.17) is 16.3 Å². The number of H-pyrrole nitrogens is 1. The minimum absolute atomic E-state index is 0.259. The Morgan fingerprint density at radius 1 is 1.35 bits per heavy atom. The maximum absolute atomic E-state index is 12.4. The second-order valence-electron chi connectivity index (χ2n) is 5.98. The summed E-state index contributed by atoms with van der Waals surface area (Å²) in [6.07, 6.45) is 0. The summed E-state index contributed by atoms with van der Waals surface area (Å²) in [4.78, 5) is 12.4. The van der Waals surface area contributed by atoms with E-state index >= 15 is 0 Å². The van der Waals surface area contributed by atoms with E-state index in [1.807, 2.05) is 20.9 Å². The van der Waals surface area contributed by atoms with Crippen molar-refractivity contribution < 1.29 is 9.53 Å². The summed E-state index contributed by atoms with van der Waals surface area (Å²) in [7, 11) is 3.46. The van der Waals surface area contributed by atoms with Crippen molar-refractivity contribution in [2.75, 3.05) is 7.11 Å². The fourth-order valence-corrected chi connectivity index (χ4v) is 3.06. The standard InChI is InChI=1S/C18H20ClN5O2/c1-10-17(11(2)24(3)23-10)14-8-15(22-21-14)18(25)20-9-12-7-13(19)5-6-16(12)26-4/h5-8H,9H2,1-4H3,(H,20,25)(H,21,22). The number of aryl methyl sites for hydroxylation is 2. The number of amides is 1. The topological polar surface area (TPSA) is 84.8 Å². The van der Waals surface area contributed by atoms with Crippen LogP contribution < -0.4 is 10.1 Å². The van der Waals surface area contributed by atoms with Crippen LogP contribution in [-0.2, 0) is 13.6 Å². The predicted molar refractivity (Wildman–Crippen MR) is 99.4 cm³/mol. The van der Waals surface area contributed by atoms with E-state index in [-0.39, 0.29) is 5.91 Å². The summed E-state index contributed by atoms with van der Waals surface area (Å²) in [5.74, 6) is 0.409. The SMILES string of the molecule is COc1ccc(Cl)cc1CNC(=O)c1cc(-c2c(C)nn(C)c2C)n[nH]1. The van der Waals surface area contributed by atoms with Crippen molar-refractivity contribution in [2.45, 2.75) is 20.4 Å². The largest absolute Gasteiger partial charge is 0.496 e. The van der Waals surface area contributed by atoms with Crippen molar-refractivity contribution in [3.8, 4) is 17.0 Å². The monoisotopic (exact) mass is 373 g/mol. The Morgan fingerprint density at radius 3 is 2.77 bits per heavy atom. The van der Waals surface area contributed by atoms with Gasteiger partial charge in [0.25, 0.3) is 5.91 Å². The molecule has 2 heterocycles. The summed E-state index contributed by atoms with van der Waals surface area (Å²) < 4.78 is 7.09. The summed E-state index contributed by atoms with van der Waals surface area (Å²) in [5.41, 5.74) is 4.66. The van der Waals surface area contributed by atoms with Gasteiger partial charge in [0.15, 0.2) is 0 Å². The Labute approximate surface area is 156 Å². The third-order valence-electron chi connectivity index (χ3n) is 4.27. The highest BCUT2D eigenvalue weighted by Gasteiger charge is 2.17. The van der Waals surface area contributed by atoms with Crippen LogP contribution in [-0.4, -0.2) is 33.0 Å². The van der Waals surface area contributed by atoms with E-state index in [1.54, 1.807) is 36.1 Å². The molecular weight excluding hydrogens is 354 g/mol. The summed E-state index contributed by atoms with van der Waals surface area (Å²) in [6.45, 7) is 4.18. The first-order chi connectivity index (χ1) is 12.4. The molecule has 0 fully saturated rings. The van der Waals surface area contributed by atoms with Crippen LogP contribution in [0.25, 0.3) is 11.3 Å². The van der Waals surface area contributed by atoms with E-state index < -0.39 is 0 Å². The molecule has 1 aromatic carbocycles. The molecule has 0 radical (unpaired) electrons. The van der Waals surface area contributed by atoms with Crippen LogP contribution >= 0.6 is 11.6 Å². The number of aromatic amines is 1. The number of nitrogens with one attached hydrogen (secondary N) is 2. The number of carbonyl (C=O) groups excluding carboxylic acids is 1. The Hall–Kier alpha value is -2.80. The third-order valence-corrected chi connectivity index (χ3v) is 4.50. The molecule has 0 aliphatic heterocycles. The van der Waals surface area contributed by atoms with Crippen LogP contribution in [0.2, 0.25) is 5.02 Å². The molecule has 0 saturated carbocycles. The first-order valence-electron chi connectivity index (χ1n) is 8.07. The highest BCUT2D eigenvalue weighted by Crippen LogP contribution is 2.25. The molecule has 0 saturated heterocycles. The van der Waals surface area contributed by atoms with Crippen molar-refractivity contribution in [1.82, 2.24) is 25.3 Å². The molecule has 0 aliphatic rings. The zero-order valence-corrected chi connectivity index (χ0v) is 15.8. The predicted octanol–water partition coefficient (Wildman–Crippen LogP) is 3.02. The fourth-order valence-electron chi connectivity index (χ4n) is 2.87. The van der Waals surface area contributed by atoms with Gasteiger partial charge in [-0.3, -0.25) is 14.6 Å². The lowest BCUT2D eigenvalue weighted by Crippen LogP contribution is -2.23. The van der Waals surface area contributed by atoms with Gasteiger partial charge in [-0.25, -0.2) is 0 Å². The Balaban J connectivity index is 1.76. The molecule has 8 heteroatoms. The number of carbonyl (C=O) groups is 1. The quantitative estimate of drug-likeness (QED) is 0.720. The van der Waals surface area contributed by atoms with Crippen molar-refractivity contribution in [3.05, 3.63) is 51.9 Å². The van der Waals surface area contributed by atoms with Crippen molar-refractivity contribution in [1.29, 1.82) is 0 Å². The second-order valence-corrected chi connectivity index (χ2v) is 6.41.